The number of nitrogens with zero attached hydrogens (tertiary/aromatic N) is 4. The van der Waals surface area contributed by atoms with Crippen molar-refractivity contribution in [2.45, 2.75) is 30.8 Å². The van der Waals surface area contributed by atoms with Crippen LogP contribution in [0, 0.1) is 5.82 Å². The predicted molar refractivity (Wildman–Crippen MR) is 89.5 cm³/mol. The Bertz CT molecular complexity index is 773. The molecular weight excluding hydrogens is 311 g/mol. The van der Waals surface area contributed by atoms with Crippen molar-refractivity contribution >= 4 is 11.8 Å². The molecule has 0 aliphatic carbocycles. The Morgan fingerprint density at radius 3 is 2.61 bits per heavy atom. The minimum atomic E-state index is -0.184. The Hall–Kier alpha value is -2.21. The van der Waals surface area contributed by atoms with Gasteiger partial charge in [-0.3, -0.25) is 4.98 Å². The molecule has 118 valence electrons. The van der Waals surface area contributed by atoms with Gasteiger partial charge in [-0.25, -0.2) is 4.39 Å². The maximum Gasteiger partial charge on any atom is 0.191 e. The van der Waals surface area contributed by atoms with Crippen molar-refractivity contribution < 1.29 is 4.39 Å². The second-order valence-electron chi connectivity index (χ2n) is 5.07. The van der Waals surface area contributed by atoms with Gasteiger partial charge >= 0.3 is 0 Å². The Morgan fingerprint density at radius 2 is 1.87 bits per heavy atom. The number of benzene rings is 1. The second kappa shape index (κ2) is 7.37. The average Bonchev–Trinajstić information content (AvgIpc) is 2.98. The molecule has 0 saturated carbocycles. The molecule has 0 aliphatic rings. The number of pyridine rings is 1. The zero-order chi connectivity index (χ0) is 16.1. The Morgan fingerprint density at radius 1 is 1.09 bits per heavy atom. The summed E-state index contributed by atoms with van der Waals surface area (Å²) in [6.07, 6.45) is 4.46. The lowest BCUT2D eigenvalue weighted by molar-refractivity contribution is 0.615. The first-order valence-electron chi connectivity index (χ1n) is 7.49. The molecule has 0 bridgehead atoms. The van der Waals surface area contributed by atoms with E-state index in [4.69, 9.17) is 0 Å². The molecule has 4 nitrogen and oxygen atoms in total. The van der Waals surface area contributed by atoms with Crippen LogP contribution in [0.15, 0.2) is 53.9 Å². The van der Waals surface area contributed by atoms with Crippen LogP contribution in [0.4, 0.5) is 4.39 Å². The molecule has 0 aliphatic heterocycles. The van der Waals surface area contributed by atoms with Crippen LogP contribution in [-0.4, -0.2) is 19.7 Å². The van der Waals surface area contributed by atoms with E-state index in [0.29, 0.717) is 11.3 Å². The first-order valence-corrected chi connectivity index (χ1v) is 8.48. The summed E-state index contributed by atoms with van der Waals surface area (Å²) in [4.78, 5) is 4.03. The Kier molecular flexibility index (Phi) is 5.02. The van der Waals surface area contributed by atoms with Crippen molar-refractivity contribution in [3.63, 3.8) is 0 Å². The second-order valence-corrected chi connectivity index (χ2v) is 6.02. The smallest absolute Gasteiger partial charge is 0.191 e. The molecule has 0 N–H and O–H groups in total. The minimum absolute atomic E-state index is 0.184. The van der Waals surface area contributed by atoms with E-state index >= 15 is 0 Å². The van der Waals surface area contributed by atoms with Gasteiger partial charge in [0.15, 0.2) is 11.0 Å². The van der Waals surface area contributed by atoms with Crippen LogP contribution in [0.1, 0.15) is 18.9 Å². The molecule has 0 amide bonds. The molecule has 0 unspecified atom stereocenters. The van der Waals surface area contributed by atoms with E-state index in [-0.39, 0.29) is 5.82 Å². The summed E-state index contributed by atoms with van der Waals surface area (Å²) in [5, 5.41) is 9.41. The Balaban J connectivity index is 1.85. The molecule has 23 heavy (non-hydrogen) atoms. The van der Waals surface area contributed by atoms with Crippen molar-refractivity contribution in [2.24, 2.45) is 0 Å². The van der Waals surface area contributed by atoms with Gasteiger partial charge in [-0.15, -0.1) is 10.2 Å². The number of halogens is 1. The maximum absolute atomic E-state index is 13.7. The first kappa shape index (κ1) is 15.7. The number of rotatable bonds is 6. The number of aromatic nitrogens is 4. The SMILES string of the molecule is CCCn1c(SCc2ccccc2F)nnc1-c1ccncc1. The predicted octanol–water partition coefficient (Wildman–Crippen LogP) is 4.18. The summed E-state index contributed by atoms with van der Waals surface area (Å²) in [6.45, 7) is 2.94. The summed E-state index contributed by atoms with van der Waals surface area (Å²) in [7, 11) is 0. The first-order chi connectivity index (χ1) is 11.3. The summed E-state index contributed by atoms with van der Waals surface area (Å²) >= 11 is 1.50. The third-order valence-electron chi connectivity index (χ3n) is 3.42. The van der Waals surface area contributed by atoms with E-state index in [1.54, 1.807) is 24.5 Å². The average molecular weight is 328 g/mol. The highest BCUT2D eigenvalue weighted by Crippen LogP contribution is 2.27. The number of hydrogen-bond acceptors (Lipinski definition) is 4. The third-order valence-corrected chi connectivity index (χ3v) is 4.43. The van der Waals surface area contributed by atoms with E-state index in [9.17, 15) is 4.39 Å². The van der Waals surface area contributed by atoms with E-state index in [0.717, 1.165) is 29.5 Å². The third kappa shape index (κ3) is 3.59. The van der Waals surface area contributed by atoms with E-state index in [1.807, 2.05) is 18.2 Å². The standard InChI is InChI=1S/C17H17FN4S/c1-2-11-22-16(13-7-9-19-10-8-13)20-21-17(22)23-12-14-5-3-4-6-15(14)18/h3-10H,2,11-12H2,1H3. The monoisotopic (exact) mass is 328 g/mol. The van der Waals surface area contributed by atoms with Crippen LogP contribution in [0.2, 0.25) is 0 Å². The molecule has 1 aromatic carbocycles. The lowest BCUT2D eigenvalue weighted by Gasteiger charge is -2.09. The van der Waals surface area contributed by atoms with E-state index in [2.05, 4.69) is 26.7 Å². The fraction of sp³-hybridized carbons (Fsp3) is 0.235. The molecule has 0 fully saturated rings. The normalized spacial score (nSPS) is 10.9. The summed E-state index contributed by atoms with van der Waals surface area (Å²) < 4.78 is 15.8. The molecule has 0 radical (unpaired) electrons. The van der Waals surface area contributed by atoms with Crippen LogP contribution in [0.25, 0.3) is 11.4 Å². The molecule has 0 saturated heterocycles. The van der Waals surface area contributed by atoms with Gasteiger partial charge in [0.2, 0.25) is 0 Å². The van der Waals surface area contributed by atoms with Crippen molar-refractivity contribution in [2.75, 3.05) is 0 Å². The molecule has 3 rings (SSSR count). The van der Waals surface area contributed by atoms with Crippen LogP contribution < -0.4 is 0 Å². The summed E-state index contributed by atoms with van der Waals surface area (Å²) in [6, 6.07) is 10.7. The molecule has 2 aromatic heterocycles. The zero-order valence-electron chi connectivity index (χ0n) is 12.8. The molecule has 2 heterocycles. The van der Waals surface area contributed by atoms with Gasteiger partial charge in [0.05, 0.1) is 0 Å². The van der Waals surface area contributed by atoms with Gasteiger partial charge in [0.25, 0.3) is 0 Å². The zero-order valence-corrected chi connectivity index (χ0v) is 13.6. The van der Waals surface area contributed by atoms with Crippen molar-refractivity contribution in [3.05, 3.63) is 60.2 Å². The van der Waals surface area contributed by atoms with Crippen LogP contribution >= 0.6 is 11.8 Å². The fourth-order valence-electron chi connectivity index (χ4n) is 2.29. The largest absolute Gasteiger partial charge is 0.302 e. The molecular formula is C17H17FN4S. The molecule has 0 spiro atoms. The maximum atomic E-state index is 13.7. The fourth-order valence-corrected chi connectivity index (χ4v) is 3.24. The highest BCUT2D eigenvalue weighted by molar-refractivity contribution is 7.98. The van der Waals surface area contributed by atoms with Crippen molar-refractivity contribution in [3.8, 4) is 11.4 Å². The highest BCUT2D eigenvalue weighted by Gasteiger charge is 2.14. The lowest BCUT2D eigenvalue weighted by atomic mass is 10.2. The van der Waals surface area contributed by atoms with Gasteiger partial charge in [-0.2, -0.15) is 0 Å². The quantitative estimate of drug-likeness (QED) is 0.637. The molecule has 6 heteroatoms. The topological polar surface area (TPSA) is 43.6 Å². The number of thioether (sulfide) groups is 1. The van der Waals surface area contributed by atoms with Crippen LogP contribution in [0.3, 0.4) is 0 Å². The van der Waals surface area contributed by atoms with Gasteiger partial charge < -0.3 is 4.57 Å². The van der Waals surface area contributed by atoms with Gasteiger partial charge in [0.1, 0.15) is 5.82 Å². The van der Waals surface area contributed by atoms with Crippen molar-refractivity contribution in [1.82, 2.24) is 19.7 Å². The Labute approximate surface area is 138 Å². The van der Waals surface area contributed by atoms with Crippen LogP contribution in [0.5, 0.6) is 0 Å². The lowest BCUT2D eigenvalue weighted by Crippen LogP contribution is -2.02. The number of hydrogen-bond donors (Lipinski definition) is 0. The highest BCUT2D eigenvalue weighted by atomic mass is 32.2. The van der Waals surface area contributed by atoms with E-state index < -0.39 is 0 Å². The van der Waals surface area contributed by atoms with Gasteiger partial charge in [-0.05, 0) is 30.2 Å². The van der Waals surface area contributed by atoms with Gasteiger partial charge in [-0.1, -0.05) is 36.9 Å². The van der Waals surface area contributed by atoms with Crippen molar-refractivity contribution in [1.29, 1.82) is 0 Å². The molecule has 3 aromatic rings. The van der Waals surface area contributed by atoms with Gasteiger partial charge in [0, 0.05) is 30.3 Å². The summed E-state index contributed by atoms with van der Waals surface area (Å²) in [5.74, 6) is 1.17. The van der Waals surface area contributed by atoms with E-state index in [1.165, 1.54) is 17.8 Å². The molecule has 0 atom stereocenters. The minimum Gasteiger partial charge on any atom is -0.302 e. The van der Waals surface area contributed by atoms with Crippen LogP contribution in [-0.2, 0) is 12.3 Å². The summed E-state index contributed by atoms with van der Waals surface area (Å²) in [5.41, 5.74) is 1.66.